The number of halogens is 2. The van der Waals surface area contributed by atoms with E-state index in [1.807, 2.05) is 42.5 Å². The first-order chi connectivity index (χ1) is 7.70. The monoisotopic (exact) mass is 296 g/mol. The highest BCUT2D eigenvalue weighted by Crippen LogP contribution is 2.33. The summed E-state index contributed by atoms with van der Waals surface area (Å²) >= 11 is 9.48. The molecular weight excluding hydrogens is 287 g/mol. The van der Waals surface area contributed by atoms with Crippen molar-refractivity contribution < 1.29 is 5.11 Å². The van der Waals surface area contributed by atoms with Crippen molar-refractivity contribution in [3.05, 3.63) is 69.2 Å². The van der Waals surface area contributed by atoms with Gasteiger partial charge in [0.15, 0.2) is 0 Å². The summed E-state index contributed by atoms with van der Waals surface area (Å²) in [6, 6.07) is 14.9. The second kappa shape index (κ2) is 5.00. The standard InChI is InChI=1S/C13H10BrClO/c14-10-7-4-8-11(15)12(10)13(16)9-5-2-1-3-6-9/h1-8,13,16H. The molecule has 1 N–H and O–H groups in total. The van der Waals surface area contributed by atoms with E-state index in [0.29, 0.717) is 10.6 Å². The minimum absolute atomic E-state index is 0.561. The van der Waals surface area contributed by atoms with Crippen LogP contribution in [0.4, 0.5) is 0 Å². The first-order valence-electron chi connectivity index (χ1n) is 4.87. The topological polar surface area (TPSA) is 20.2 Å². The van der Waals surface area contributed by atoms with Crippen molar-refractivity contribution in [1.29, 1.82) is 0 Å². The van der Waals surface area contributed by atoms with Crippen LogP contribution in [0.3, 0.4) is 0 Å². The Bertz CT molecular complexity index is 464. The van der Waals surface area contributed by atoms with Gasteiger partial charge in [-0.1, -0.05) is 63.9 Å². The molecule has 0 aliphatic heterocycles. The minimum atomic E-state index is -0.704. The molecule has 82 valence electrons. The fourth-order valence-electron chi connectivity index (χ4n) is 1.57. The molecule has 1 atom stereocenters. The van der Waals surface area contributed by atoms with Crippen LogP contribution in [-0.4, -0.2) is 5.11 Å². The van der Waals surface area contributed by atoms with Crippen LogP contribution in [0.5, 0.6) is 0 Å². The van der Waals surface area contributed by atoms with Crippen LogP contribution in [-0.2, 0) is 0 Å². The van der Waals surface area contributed by atoms with Gasteiger partial charge in [0, 0.05) is 15.1 Å². The lowest BCUT2D eigenvalue weighted by atomic mass is 10.0. The lowest BCUT2D eigenvalue weighted by molar-refractivity contribution is 0.219. The van der Waals surface area contributed by atoms with Crippen LogP contribution in [0, 0.1) is 0 Å². The third-order valence-electron chi connectivity index (χ3n) is 2.39. The number of aliphatic hydroxyl groups excluding tert-OH is 1. The minimum Gasteiger partial charge on any atom is -0.384 e. The SMILES string of the molecule is OC(c1ccccc1)c1c(Cl)cccc1Br. The Morgan fingerprint density at radius 2 is 1.69 bits per heavy atom. The number of benzene rings is 2. The fourth-order valence-corrected chi connectivity index (χ4v) is 2.55. The molecule has 1 unspecified atom stereocenters. The molecule has 2 aromatic rings. The zero-order chi connectivity index (χ0) is 11.5. The molecule has 16 heavy (non-hydrogen) atoms. The molecule has 2 aromatic carbocycles. The van der Waals surface area contributed by atoms with Gasteiger partial charge in [0.05, 0.1) is 0 Å². The summed E-state index contributed by atoms with van der Waals surface area (Å²) in [5, 5.41) is 10.8. The highest BCUT2D eigenvalue weighted by molar-refractivity contribution is 9.10. The van der Waals surface area contributed by atoms with Crippen molar-refractivity contribution in [2.75, 3.05) is 0 Å². The number of hydrogen-bond acceptors (Lipinski definition) is 1. The molecule has 0 radical (unpaired) electrons. The molecule has 0 saturated carbocycles. The van der Waals surface area contributed by atoms with Crippen molar-refractivity contribution in [3.8, 4) is 0 Å². The number of aliphatic hydroxyl groups is 1. The van der Waals surface area contributed by atoms with E-state index in [0.717, 1.165) is 10.0 Å². The summed E-state index contributed by atoms with van der Waals surface area (Å²) in [6.07, 6.45) is -0.704. The van der Waals surface area contributed by atoms with Crippen LogP contribution < -0.4 is 0 Å². The molecular formula is C13H10BrClO. The summed E-state index contributed by atoms with van der Waals surface area (Å²) in [5.74, 6) is 0. The molecule has 1 nitrogen and oxygen atoms in total. The molecule has 0 amide bonds. The summed E-state index contributed by atoms with van der Waals surface area (Å²) in [4.78, 5) is 0. The van der Waals surface area contributed by atoms with Gasteiger partial charge in [0.2, 0.25) is 0 Å². The van der Waals surface area contributed by atoms with Crippen LogP contribution in [0.25, 0.3) is 0 Å². The van der Waals surface area contributed by atoms with Gasteiger partial charge >= 0.3 is 0 Å². The van der Waals surface area contributed by atoms with E-state index in [1.165, 1.54) is 0 Å². The molecule has 0 aliphatic rings. The van der Waals surface area contributed by atoms with Gasteiger partial charge in [-0.3, -0.25) is 0 Å². The highest BCUT2D eigenvalue weighted by atomic mass is 79.9. The van der Waals surface area contributed by atoms with Crippen molar-refractivity contribution >= 4 is 27.5 Å². The van der Waals surface area contributed by atoms with E-state index in [4.69, 9.17) is 11.6 Å². The van der Waals surface area contributed by atoms with E-state index < -0.39 is 6.10 Å². The van der Waals surface area contributed by atoms with Gasteiger partial charge < -0.3 is 5.11 Å². The molecule has 3 heteroatoms. The average molecular weight is 298 g/mol. The Hall–Kier alpha value is -0.830. The lowest BCUT2D eigenvalue weighted by Crippen LogP contribution is -2.01. The zero-order valence-corrected chi connectivity index (χ0v) is 10.7. The summed E-state index contributed by atoms with van der Waals surface area (Å²) in [7, 11) is 0. The Kier molecular flexibility index (Phi) is 3.64. The quantitative estimate of drug-likeness (QED) is 0.881. The van der Waals surface area contributed by atoms with E-state index in [-0.39, 0.29) is 0 Å². The van der Waals surface area contributed by atoms with E-state index >= 15 is 0 Å². The second-order valence-corrected chi connectivity index (χ2v) is 4.71. The fraction of sp³-hybridized carbons (Fsp3) is 0.0769. The Labute approximate surface area is 108 Å². The molecule has 0 aliphatic carbocycles. The Morgan fingerprint density at radius 1 is 1.00 bits per heavy atom. The van der Waals surface area contributed by atoms with Gasteiger partial charge in [0.25, 0.3) is 0 Å². The molecule has 0 bridgehead atoms. The largest absolute Gasteiger partial charge is 0.384 e. The smallest absolute Gasteiger partial charge is 0.107 e. The first kappa shape index (κ1) is 11.6. The van der Waals surface area contributed by atoms with Crippen molar-refractivity contribution in [2.45, 2.75) is 6.10 Å². The maximum Gasteiger partial charge on any atom is 0.107 e. The summed E-state index contributed by atoms with van der Waals surface area (Å²) in [6.45, 7) is 0. The van der Waals surface area contributed by atoms with Gasteiger partial charge in [0.1, 0.15) is 6.10 Å². The number of hydrogen-bond donors (Lipinski definition) is 1. The van der Waals surface area contributed by atoms with Crippen molar-refractivity contribution in [1.82, 2.24) is 0 Å². The van der Waals surface area contributed by atoms with Gasteiger partial charge in [-0.2, -0.15) is 0 Å². The molecule has 2 rings (SSSR count). The predicted molar refractivity (Wildman–Crippen MR) is 69.7 cm³/mol. The summed E-state index contributed by atoms with van der Waals surface area (Å²) < 4.78 is 0.816. The molecule has 0 saturated heterocycles. The van der Waals surface area contributed by atoms with Gasteiger partial charge in [-0.15, -0.1) is 0 Å². The van der Waals surface area contributed by atoms with Crippen LogP contribution >= 0.6 is 27.5 Å². The average Bonchev–Trinajstić information content (AvgIpc) is 2.30. The third kappa shape index (κ3) is 2.29. The lowest BCUT2D eigenvalue weighted by Gasteiger charge is -2.14. The highest BCUT2D eigenvalue weighted by Gasteiger charge is 2.16. The van der Waals surface area contributed by atoms with E-state index in [2.05, 4.69) is 15.9 Å². The van der Waals surface area contributed by atoms with Crippen LogP contribution in [0.1, 0.15) is 17.2 Å². The summed E-state index contributed by atoms with van der Waals surface area (Å²) in [5.41, 5.74) is 1.53. The van der Waals surface area contributed by atoms with Crippen molar-refractivity contribution in [3.63, 3.8) is 0 Å². The molecule has 0 fully saturated rings. The second-order valence-electron chi connectivity index (χ2n) is 3.45. The van der Waals surface area contributed by atoms with Gasteiger partial charge in [-0.05, 0) is 17.7 Å². The normalized spacial score (nSPS) is 12.4. The predicted octanol–water partition coefficient (Wildman–Crippen LogP) is 4.18. The molecule has 0 aromatic heterocycles. The molecule has 0 heterocycles. The van der Waals surface area contributed by atoms with E-state index in [1.54, 1.807) is 6.07 Å². The molecule has 0 spiro atoms. The van der Waals surface area contributed by atoms with Crippen LogP contribution in [0.2, 0.25) is 5.02 Å². The maximum absolute atomic E-state index is 10.2. The van der Waals surface area contributed by atoms with Crippen LogP contribution in [0.15, 0.2) is 53.0 Å². The van der Waals surface area contributed by atoms with Crippen molar-refractivity contribution in [2.24, 2.45) is 0 Å². The zero-order valence-electron chi connectivity index (χ0n) is 8.40. The number of rotatable bonds is 2. The Morgan fingerprint density at radius 3 is 2.31 bits per heavy atom. The Balaban J connectivity index is 2.46. The third-order valence-corrected chi connectivity index (χ3v) is 3.41. The van der Waals surface area contributed by atoms with E-state index in [9.17, 15) is 5.11 Å². The maximum atomic E-state index is 10.2. The van der Waals surface area contributed by atoms with Gasteiger partial charge in [-0.25, -0.2) is 0 Å². The first-order valence-corrected chi connectivity index (χ1v) is 6.04.